The van der Waals surface area contributed by atoms with Crippen molar-refractivity contribution >= 4 is 11.5 Å². The molecule has 0 saturated carbocycles. The van der Waals surface area contributed by atoms with Crippen molar-refractivity contribution in [3.05, 3.63) is 5.69 Å². The van der Waals surface area contributed by atoms with Crippen LogP contribution in [0.5, 0.6) is 0 Å². The summed E-state index contributed by atoms with van der Waals surface area (Å²) in [7, 11) is 2.00. The minimum absolute atomic E-state index is 0.879. The average molecular weight is 251 g/mol. The monoisotopic (exact) mass is 251 g/mol. The number of aryl methyl sites for hydroxylation is 2. The van der Waals surface area contributed by atoms with E-state index in [9.17, 15) is 0 Å². The molecule has 0 unspecified atom stereocenters. The van der Waals surface area contributed by atoms with Gasteiger partial charge in [-0.05, 0) is 13.0 Å². The van der Waals surface area contributed by atoms with Crippen LogP contribution in [0.25, 0.3) is 0 Å². The van der Waals surface area contributed by atoms with Gasteiger partial charge in [-0.15, -0.1) is 0 Å². The lowest BCUT2D eigenvalue weighted by Crippen LogP contribution is -2.47. The van der Waals surface area contributed by atoms with Gasteiger partial charge in [0.05, 0.1) is 11.4 Å². The summed E-state index contributed by atoms with van der Waals surface area (Å²) in [4.78, 5) is 4.84. The number of piperazine rings is 1. The smallest absolute Gasteiger partial charge is 0.150 e. The van der Waals surface area contributed by atoms with Crippen molar-refractivity contribution in [3.8, 4) is 0 Å². The van der Waals surface area contributed by atoms with Crippen LogP contribution < -0.4 is 10.6 Å². The lowest BCUT2D eigenvalue weighted by Gasteiger charge is -2.35. The zero-order valence-electron chi connectivity index (χ0n) is 11.8. The molecule has 0 atom stereocenters. The van der Waals surface area contributed by atoms with E-state index in [4.69, 9.17) is 5.73 Å². The van der Waals surface area contributed by atoms with Crippen LogP contribution in [0.1, 0.15) is 26.0 Å². The molecule has 2 rings (SSSR count). The van der Waals surface area contributed by atoms with Crippen molar-refractivity contribution in [2.75, 3.05) is 43.4 Å². The number of nitrogens with two attached hydrogens (primary N) is 1. The van der Waals surface area contributed by atoms with E-state index in [2.05, 4.69) is 28.7 Å². The predicted octanol–water partition coefficient (Wildman–Crippen LogP) is 1.10. The first-order valence-corrected chi connectivity index (χ1v) is 6.96. The Morgan fingerprint density at radius 2 is 1.83 bits per heavy atom. The fourth-order valence-electron chi connectivity index (χ4n) is 2.66. The summed E-state index contributed by atoms with van der Waals surface area (Å²) >= 11 is 0. The van der Waals surface area contributed by atoms with Crippen molar-refractivity contribution in [1.29, 1.82) is 0 Å². The fraction of sp³-hybridized carbons (Fsp3) is 0.769. The van der Waals surface area contributed by atoms with Gasteiger partial charge in [-0.25, -0.2) is 0 Å². The summed E-state index contributed by atoms with van der Waals surface area (Å²) < 4.78 is 1.95. The van der Waals surface area contributed by atoms with Crippen LogP contribution in [0.2, 0.25) is 0 Å². The highest BCUT2D eigenvalue weighted by atomic mass is 15.4. The van der Waals surface area contributed by atoms with E-state index in [0.29, 0.717) is 0 Å². The Bertz CT molecular complexity index is 390. The minimum Gasteiger partial charge on any atom is -0.394 e. The number of rotatable bonds is 4. The topological polar surface area (TPSA) is 50.3 Å². The van der Waals surface area contributed by atoms with Gasteiger partial charge in [0.2, 0.25) is 0 Å². The Morgan fingerprint density at radius 1 is 1.17 bits per heavy atom. The SMILES string of the molecule is CCCc1nn(C)c(N2CCN(CC)CC2)c1N. The van der Waals surface area contributed by atoms with Gasteiger partial charge in [0, 0.05) is 33.2 Å². The van der Waals surface area contributed by atoms with E-state index in [-0.39, 0.29) is 0 Å². The normalized spacial score (nSPS) is 17.4. The highest BCUT2D eigenvalue weighted by molar-refractivity contribution is 5.66. The maximum atomic E-state index is 6.25. The van der Waals surface area contributed by atoms with Crippen LogP contribution in [0.3, 0.4) is 0 Å². The summed E-state index contributed by atoms with van der Waals surface area (Å²) in [6, 6.07) is 0. The molecule has 0 bridgehead atoms. The zero-order chi connectivity index (χ0) is 13.1. The second kappa shape index (κ2) is 5.61. The van der Waals surface area contributed by atoms with Gasteiger partial charge in [0.15, 0.2) is 0 Å². The molecule has 0 spiro atoms. The van der Waals surface area contributed by atoms with Crippen LogP contribution in [0.15, 0.2) is 0 Å². The molecule has 2 N–H and O–H groups in total. The molecule has 2 heterocycles. The molecular weight excluding hydrogens is 226 g/mol. The van der Waals surface area contributed by atoms with Crippen LogP contribution in [0.4, 0.5) is 11.5 Å². The molecule has 1 fully saturated rings. The zero-order valence-corrected chi connectivity index (χ0v) is 11.8. The molecule has 0 amide bonds. The summed E-state index contributed by atoms with van der Waals surface area (Å²) in [6.45, 7) is 9.83. The Kier molecular flexibility index (Phi) is 4.11. The highest BCUT2D eigenvalue weighted by Crippen LogP contribution is 2.27. The number of hydrogen-bond acceptors (Lipinski definition) is 4. The van der Waals surface area contributed by atoms with E-state index in [1.54, 1.807) is 0 Å². The Hall–Kier alpha value is -1.23. The quantitative estimate of drug-likeness (QED) is 0.870. The number of likely N-dealkylation sites (N-methyl/N-ethyl adjacent to an activating group) is 1. The predicted molar refractivity (Wildman–Crippen MR) is 75.9 cm³/mol. The molecule has 18 heavy (non-hydrogen) atoms. The first-order valence-electron chi connectivity index (χ1n) is 6.96. The van der Waals surface area contributed by atoms with E-state index in [0.717, 1.165) is 62.8 Å². The number of nitrogen functional groups attached to an aromatic ring is 1. The summed E-state index contributed by atoms with van der Waals surface area (Å²) in [6.07, 6.45) is 2.05. The van der Waals surface area contributed by atoms with Crippen molar-refractivity contribution in [3.63, 3.8) is 0 Å². The van der Waals surface area contributed by atoms with Crippen molar-refractivity contribution in [2.45, 2.75) is 26.7 Å². The van der Waals surface area contributed by atoms with E-state index in [1.807, 2.05) is 11.7 Å². The molecular formula is C13H25N5. The third-order valence-corrected chi connectivity index (χ3v) is 3.73. The highest BCUT2D eigenvalue weighted by Gasteiger charge is 2.22. The molecule has 0 aliphatic carbocycles. The average Bonchev–Trinajstić information content (AvgIpc) is 2.65. The van der Waals surface area contributed by atoms with Crippen LogP contribution in [-0.4, -0.2) is 47.4 Å². The van der Waals surface area contributed by atoms with E-state index < -0.39 is 0 Å². The molecule has 1 aliphatic rings. The van der Waals surface area contributed by atoms with Crippen molar-refractivity contribution < 1.29 is 0 Å². The molecule has 1 aromatic heterocycles. The van der Waals surface area contributed by atoms with E-state index >= 15 is 0 Å². The summed E-state index contributed by atoms with van der Waals surface area (Å²) in [5.41, 5.74) is 8.18. The Morgan fingerprint density at radius 3 is 2.39 bits per heavy atom. The minimum atomic E-state index is 0.879. The molecule has 5 nitrogen and oxygen atoms in total. The molecule has 102 valence electrons. The maximum absolute atomic E-state index is 6.25. The molecule has 1 saturated heterocycles. The molecule has 0 radical (unpaired) electrons. The number of aromatic nitrogens is 2. The van der Waals surface area contributed by atoms with Gasteiger partial charge >= 0.3 is 0 Å². The Balaban J connectivity index is 2.13. The number of hydrogen-bond donors (Lipinski definition) is 1. The van der Waals surface area contributed by atoms with Gasteiger partial charge in [-0.3, -0.25) is 4.68 Å². The van der Waals surface area contributed by atoms with Gasteiger partial charge < -0.3 is 15.5 Å². The van der Waals surface area contributed by atoms with Gasteiger partial charge in [0.1, 0.15) is 5.82 Å². The standard InChI is InChI=1S/C13H25N5/c1-4-6-11-12(14)13(16(3)15-11)18-9-7-17(5-2)8-10-18/h4-10,14H2,1-3H3. The first kappa shape index (κ1) is 13.2. The van der Waals surface area contributed by atoms with Gasteiger partial charge in [0.25, 0.3) is 0 Å². The van der Waals surface area contributed by atoms with Crippen molar-refractivity contribution in [2.24, 2.45) is 7.05 Å². The molecule has 5 heteroatoms. The lowest BCUT2D eigenvalue weighted by molar-refractivity contribution is 0.270. The van der Waals surface area contributed by atoms with Gasteiger partial charge in [-0.1, -0.05) is 20.3 Å². The Labute approximate surface area is 110 Å². The summed E-state index contributed by atoms with van der Waals surface area (Å²) in [5, 5.41) is 4.55. The molecule has 1 aromatic rings. The second-order valence-corrected chi connectivity index (χ2v) is 4.98. The third kappa shape index (κ3) is 2.46. The van der Waals surface area contributed by atoms with Crippen LogP contribution in [0, 0.1) is 0 Å². The second-order valence-electron chi connectivity index (χ2n) is 4.98. The fourth-order valence-corrected chi connectivity index (χ4v) is 2.66. The largest absolute Gasteiger partial charge is 0.394 e. The van der Waals surface area contributed by atoms with Crippen LogP contribution >= 0.6 is 0 Å². The van der Waals surface area contributed by atoms with Crippen LogP contribution in [-0.2, 0) is 13.5 Å². The first-order chi connectivity index (χ1) is 8.67. The third-order valence-electron chi connectivity index (χ3n) is 3.73. The van der Waals surface area contributed by atoms with Crippen molar-refractivity contribution in [1.82, 2.24) is 14.7 Å². The van der Waals surface area contributed by atoms with Gasteiger partial charge in [-0.2, -0.15) is 5.10 Å². The molecule has 0 aromatic carbocycles. The number of nitrogens with zero attached hydrogens (tertiary/aromatic N) is 4. The van der Waals surface area contributed by atoms with E-state index in [1.165, 1.54) is 0 Å². The maximum Gasteiger partial charge on any atom is 0.150 e. The lowest BCUT2D eigenvalue weighted by atomic mass is 10.2. The number of anilines is 2. The summed E-state index contributed by atoms with van der Waals surface area (Å²) in [5.74, 6) is 1.11. The molecule has 1 aliphatic heterocycles.